The molecule has 6 heteroatoms. The average Bonchev–Trinajstić information content (AvgIpc) is 2.83. The lowest BCUT2D eigenvalue weighted by Crippen LogP contribution is -2.39. The Balaban J connectivity index is 1.86. The summed E-state index contributed by atoms with van der Waals surface area (Å²) in [4.78, 5) is 2.31. The highest BCUT2D eigenvalue weighted by Crippen LogP contribution is 2.27. The van der Waals surface area contributed by atoms with E-state index in [-0.39, 0.29) is 0 Å². The topological polar surface area (TPSA) is 54.2 Å². The minimum atomic E-state index is 0.380. The average molecular weight is 267 g/mol. The van der Waals surface area contributed by atoms with Crippen LogP contribution in [-0.2, 0) is 0 Å². The number of likely N-dealkylation sites (tertiary alicyclic amines) is 1. The van der Waals surface area contributed by atoms with Gasteiger partial charge in [-0.15, -0.1) is 10.2 Å². The van der Waals surface area contributed by atoms with E-state index in [1.165, 1.54) is 6.42 Å². The Bertz CT molecular complexity index is 556. The van der Waals surface area contributed by atoms with Gasteiger partial charge in [0.05, 0.1) is 11.6 Å². The van der Waals surface area contributed by atoms with Gasteiger partial charge in [-0.1, -0.05) is 11.6 Å². The van der Waals surface area contributed by atoms with Crippen molar-refractivity contribution in [3.63, 3.8) is 0 Å². The van der Waals surface area contributed by atoms with Gasteiger partial charge in [-0.25, -0.2) is 0 Å². The molecule has 1 N–H and O–H groups in total. The van der Waals surface area contributed by atoms with E-state index in [4.69, 9.17) is 16.0 Å². The van der Waals surface area contributed by atoms with Crippen LogP contribution in [0, 0.1) is 0 Å². The molecule has 3 rings (SSSR count). The molecule has 1 unspecified atom stereocenters. The number of halogens is 1. The lowest BCUT2D eigenvalue weighted by atomic mass is 10.1. The predicted octanol–water partition coefficient (Wildman–Crippen LogP) is 2.38. The minimum absolute atomic E-state index is 0.380. The zero-order chi connectivity index (χ0) is 12.5. The number of hydrogen-bond donors (Lipinski definition) is 1. The van der Waals surface area contributed by atoms with E-state index in [9.17, 15) is 0 Å². The Morgan fingerprint density at radius 1 is 1.50 bits per heavy atom. The fraction of sp³-hybridized carbons (Fsp3) is 0.500. The van der Waals surface area contributed by atoms with Crippen LogP contribution in [0.4, 0.5) is 5.82 Å². The van der Waals surface area contributed by atoms with Gasteiger partial charge in [-0.3, -0.25) is 0 Å². The Hall–Kier alpha value is -1.33. The molecule has 1 aliphatic heterocycles. The molecule has 1 saturated heterocycles. The van der Waals surface area contributed by atoms with Crippen molar-refractivity contribution < 1.29 is 4.42 Å². The third kappa shape index (κ3) is 2.15. The van der Waals surface area contributed by atoms with Gasteiger partial charge in [0.1, 0.15) is 0 Å². The van der Waals surface area contributed by atoms with Crippen molar-refractivity contribution >= 4 is 28.4 Å². The number of aromatic nitrogens is 2. The van der Waals surface area contributed by atoms with E-state index in [0.717, 1.165) is 24.9 Å². The van der Waals surface area contributed by atoms with Gasteiger partial charge < -0.3 is 14.6 Å². The molecule has 1 fully saturated rings. The van der Waals surface area contributed by atoms with Crippen molar-refractivity contribution in [2.24, 2.45) is 0 Å². The Labute approximate surface area is 110 Å². The van der Waals surface area contributed by atoms with E-state index >= 15 is 0 Å². The second-order valence-electron chi connectivity index (χ2n) is 4.75. The standard InChI is InChI=1S/C12H15ClN4O/c1-17-5-2-3-8(7-17)14-12-10-9(4-6-18-10)11(13)15-16-12/h4,6,8H,2-3,5,7H2,1H3,(H,14,16). The molecular weight excluding hydrogens is 252 g/mol. The summed E-state index contributed by atoms with van der Waals surface area (Å²) >= 11 is 5.97. The normalized spacial score (nSPS) is 21.3. The van der Waals surface area contributed by atoms with Gasteiger partial charge in [-0.2, -0.15) is 0 Å². The number of piperidine rings is 1. The maximum atomic E-state index is 5.97. The monoisotopic (exact) mass is 266 g/mol. The van der Waals surface area contributed by atoms with Gasteiger partial charge in [0.2, 0.25) is 0 Å². The summed E-state index contributed by atoms with van der Waals surface area (Å²) in [5.41, 5.74) is 0.684. The zero-order valence-corrected chi connectivity index (χ0v) is 10.9. The number of nitrogens with zero attached hydrogens (tertiary/aromatic N) is 3. The van der Waals surface area contributed by atoms with Crippen molar-refractivity contribution in [1.82, 2.24) is 15.1 Å². The van der Waals surface area contributed by atoms with Crippen LogP contribution < -0.4 is 5.32 Å². The van der Waals surface area contributed by atoms with Crippen LogP contribution in [0.1, 0.15) is 12.8 Å². The van der Waals surface area contributed by atoms with Gasteiger partial charge in [-0.05, 0) is 32.5 Å². The molecule has 0 amide bonds. The summed E-state index contributed by atoms with van der Waals surface area (Å²) in [6, 6.07) is 2.19. The van der Waals surface area contributed by atoms with Gasteiger partial charge in [0.25, 0.3) is 0 Å². The van der Waals surface area contributed by atoms with E-state index in [1.54, 1.807) is 6.26 Å². The highest BCUT2D eigenvalue weighted by molar-refractivity contribution is 6.34. The Morgan fingerprint density at radius 2 is 2.39 bits per heavy atom. The minimum Gasteiger partial charge on any atom is -0.460 e. The number of nitrogens with one attached hydrogen (secondary N) is 1. The van der Waals surface area contributed by atoms with Crippen LogP contribution in [0.2, 0.25) is 5.15 Å². The van der Waals surface area contributed by atoms with Crippen LogP contribution >= 0.6 is 11.6 Å². The summed E-state index contributed by atoms with van der Waals surface area (Å²) in [5.74, 6) is 0.680. The maximum absolute atomic E-state index is 5.97. The number of fused-ring (bicyclic) bond motifs is 1. The van der Waals surface area contributed by atoms with Gasteiger partial charge in [0.15, 0.2) is 16.6 Å². The van der Waals surface area contributed by atoms with Crippen LogP contribution in [0.15, 0.2) is 16.7 Å². The van der Waals surface area contributed by atoms with E-state index in [2.05, 4.69) is 27.5 Å². The highest BCUT2D eigenvalue weighted by Gasteiger charge is 2.19. The molecule has 1 aliphatic rings. The summed E-state index contributed by atoms with van der Waals surface area (Å²) in [7, 11) is 2.13. The van der Waals surface area contributed by atoms with E-state index in [0.29, 0.717) is 22.6 Å². The molecule has 96 valence electrons. The van der Waals surface area contributed by atoms with Crippen molar-refractivity contribution in [2.75, 3.05) is 25.5 Å². The van der Waals surface area contributed by atoms with Crippen LogP contribution in [0.5, 0.6) is 0 Å². The first-order valence-electron chi connectivity index (χ1n) is 6.08. The lowest BCUT2D eigenvalue weighted by Gasteiger charge is -2.30. The molecule has 0 aromatic carbocycles. The molecule has 0 aliphatic carbocycles. The molecule has 0 radical (unpaired) electrons. The number of rotatable bonds is 2. The van der Waals surface area contributed by atoms with Crippen molar-refractivity contribution in [3.05, 3.63) is 17.5 Å². The maximum Gasteiger partial charge on any atom is 0.192 e. The molecule has 2 aromatic rings. The first-order chi connectivity index (χ1) is 8.74. The summed E-state index contributed by atoms with van der Waals surface area (Å²) in [5, 5.41) is 12.6. The smallest absolute Gasteiger partial charge is 0.192 e. The fourth-order valence-corrected chi connectivity index (χ4v) is 2.61. The van der Waals surface area contributed by atoms with Gasteiger partial charge >= 0.3 is 0 Å². The van der Waals surface area contributed by atoms with Crippen LogP contribution in [0.25, 0.3) is 11.0 Å². The molecular formula is C12H15ClN4O. The number of hydrogen-bond acceptors (Lipinski definition) is 5. The molecule has 0 spiro atoms. The van der Waals surface area contributed by atoms with Crippen molar-refractivity contribution in [1.29, 1.82) is 0 Å². The third-order valence-corrected chi connectivity index (χ3v) is 3.58. The zero-order valence-electron chi connectivity index (χ0n) is 10.2. The summed E-state index contributed by atoms with van der Waals surface area (Å²) < 4.78 is 5.44. The fourth-order valence-electron chi connectivity index (χ4n) is 2.42. The molecule has 5 nitrogen and oxygen atoms in total. The molecule has 3 heterocycles. The Kier molecular flexibility index (Phi) is 3.09. The molecule has 18 heavy (non-hydrogen) atoms. The first-order valence-corrected chi connectivity index (χ1v) is 6.46. The summed E-state index contributed by atoms with van der Waals surface area (Å²) in [6.07, 6.45) is 3.94. The van der Waals surface area contributed by atoms with Crippen molar-refractivity contribution in [3.8, 4) is 0 Å². The van der Waals surface area contributed by atoms with Crippen LogP contribution in [-0.4, -0.2) is 41.3 Å². The lowest BCUT2D eigenvalue weighted by molar-refractivity contribution is 0.260. The number of furan rings is 1. The van der Waals surface area contributed by atoms with E-state index < -0.39 is 0 Å². The summed E-state index contributed by atoms with van der Waals surface area (Å²) in [6.45, 7) is 2.16. The molecule has 0 bridgehead atoms. The largest absolute Gasteiger partial charge is 0.460 e. The predicted molar refractivity (Wildman–Crippen MR) is 71.0 cm³/mol. The molecule has 2 aromatic heterocycles. The SMILES string of the molecule is CN1CCCC(Nc2nnc(Cl)c3ccoc23)C1. The number of anilines is 1. The molecule has 0 saturated carbocycles. The second-order valence-corrected chi connectivity index (χ2v) is 5.11. The Morgan fingerprint density at radius 3 is 3.22 bits per heavy atom. The third-order valence-electron chi connectivity index (χ3n) is 3.31. The second kappa shape index (κ2) is 4.74. The quantitative estimate of drug-likeness (QED) is 0.904. The van der Waals surface area contributed by atoms with E-state index in [1.807, 2.05) is 6.07 Å². The van der Waals surface area contributed by atoms with Gasteiger partial charge in [0, 0.05) is 12.6 Å². The first kappa shape index (κ1) is 11.7. The molecule has 1 atom stereocenters. The highest BCUT2D eigenvalue weighted by atomic mass is 35.5. The number of likely N-dealkylation sites (N-methyl/N-ethyl adjacent to an activating group) is 1. The van der Waals surface area contributed by atoms with Crippen LogP contribution in [0.3, 0.4) is 0 Å². The van der Waals surface area contributed by atoms with Crippen molar-refractivity contribution in [2.45, 2.75) is 18.9 Å².